The predicted molar refractivity (Wildman–Crippen MR) is 153 cm³/mol. The molecular weight excluding hydrogens is 478 g/mol. The normalized spacial score (nSPS) is 11.3. The maximum absolute atomic E-state index is 12.3. The fourth-order valence-electron chi connectivity index (χ4n) is 5.04. The molecule has 4 rings (SSSR count). The number of benzene rings is 3. The monoisotopic (exact) mass is 515 g/mol. The minimum absolute atomic E-state index is 0.0230. The van der Waals surface area contributed by atoms with Crippen molar-refractivity contribution in [1.82, 2.24) is 0 Å². The lowest BCUT2D eigenvalue weighted by atomic mass is 9.90. The van der Waals surface area contributed by atoms with Gasteiger partial charge in [-0.25, -0.2) is 4.79 Å². The van der Waals surface area contributed by atoms with Crippen LogP contribution < -0.4 is 10.7 Å². The number of carbonyl (C=O) groups is 1. The number of phenols is 1. The van der Waals surface area contributed by atoms with Gasteiger partial charge < -0.3 is 19.9 Å². The van der Waals surface area contributed by atoms with E-state index in [4.69, 9.17) is 4.42 Å². The van der Waals surface area contributed by atoms with Gasteiger partial charge in [0.15, 0.2) is 5.43 Å². The molecule has 0 unspecified atom stereocenters. The molecule has 0 saturated heterocycles. The van der Waals surface area contributed by atoms with Crippen LogP contribution in [0.4, 0.5) is 5.69 Å². The number of aromatic hydroxyl groups is 1. The molecule has 6 nitrogen and oxygen atoms in total. The van der Waals surface area contributed by atoms with Gasteiger partial charge in [-0.3, -0.25) is 4.79 Å². The molecule has 1 aliphatic heterocycles. The van der Waals surface area contributed by atoms with E-state index >= 15 is 0 Å². The van der Waals surface area contributed by atoms with E-state index in [1.807, 2.05) is 6.07 Å². The molecule has 1 heterocycles. The van der Waals surface area contributed by atoms with E-state index in [1.54, 1.807) is 24.3 Å². The van der Waals surface area contributed by atoms with Crippen LogP contribution in [0.25, 0.3) is 33.4 Å². The Morgan fingerprint density at radius 2 is 1.50 bits per heavy atom. The summed E-state index contributed by atoms with van der Waals surface area (Å²) in [4.78, 5) is 24.3. The predicted octanol–water partition coefficient (Wildman–Crippen LogP) is 8.30. The number of nitrogens with one attached hydrogen (secondary N) is 1. The van der Waals surface area contributed by atoms with Crippen LogP contribution in [0.1, 0.15) is 81.5 Å². The number of phenolic OH excluding ortho intramolecular Hbond substituents is 1. The number of carboxylic acid groups (broad SMARTS) is 1. The maximum Gasteiger partial charge on any atom is 0.336 e. The molecule has 3 N–H and O–H groups in total. The molecule has 38 heavy (non-hydrogen) atoms. The molecule has 0 amide bonds. The highest BCUT2D eigenvalue weighted by atomic mass is 16.4. The van der Waals surface area contributed by atoms with Crippen molar-refractivity contribution in [2.45, 2.75) is 71.1 Å². The Balaban J connectivity index is 1.48. The van der Waals surface area contributed by atoms with Gasteiger partial charge in [-0.05, 0) is 48.4 Å². The summed E-state index contributed by atoms with van der Waals surface area (Å²) in [5.41, 5.74) is 2.89. The number of hydrogen-bond donors (Lipinski definition) is 3. The van der Waals surface area contributed by atoms with Crippen LogP contribution in [-0.2, 0) is 0 Å². The summed E-state index contributed by atoms with van der Waals surface area (Å²) in [6.07, 6.45) is 12.7. The Kier molecular flexibility index (Phi) is 9.41. The third-order valence-electron chi connectivity index (χ3n) is 7.06. The molecule has 0 bridgehead atoms. The van der Waals surface area contributed by atoms with Crippen molar-refractivity contribution < 1.29 is 19.4 Å². The van der Waals surface area contributed by atoms with E-state index in [0.29, 0.717) is 33.4 Å². The summed E-state index contributed by atoms with van der Waals surface area (Å²) >= 11 is 0. The summed E-state index contributed by atoms with van der Waals surface area (Å²) in [7, 11) is 0. The Hall–Kier alpha value is -3.80. The van der Waals surface area contributed by atoms with E-state index < -0.39 is 5.97 Å². The van der Waals surface area contributed by atoms with E-state index in [2.05, 4.69) is 12.2 Å². The standard InChI is InChI=1S/C32H37NO5/c1-2-3-4-5-6-7-8-9-10-11-18-33-22-12-15-25(28(19-22)32(36)37)31-26-16-13-23(34)20-29(26)38-30-21-24(35)14-17-27(30)31/h12-17,19-21,33-34H,2-11,18H2,1H3,(H,36,37). The molecule has 0 saturated carbocycles. The Morgan fingerprint density at radius 1 is 0.816 bits per heavy atom. The van der Waals surface area contributed by atoms with Crippen molar-refractivity contribution in [2.24, 2.45) is 0 Å². The zero-order valence-electron chi connectivity index (χ0n) is 22.1. The minimum atomic E-state index is -1.04. The highest BCUT2D eigenvalue weighted by Crippen LogP contribution is 2.42. The van der Waals surface area contributed by atoms with E-state index in [9.17, 15) is 19.8 Å². The molecule has 0 aromatic heterocycles. The van der Waals surface area contributed by atoms with Gasteiger partial charge in [0.1, 0.15) is 17.1 Å². The van der Waals surface area contributed by atoms with Gasteiger partial charge in [0.25, 0.3) is 0 Å². The van der Waals surface area contributed by atoms with E-state index in [0.717, 1.165) is 25.1 Å². The summed E-state index contributed by atoms with van der Waals surface area (Å²) < 4.78 is 5.90. The van der Waals surface area contributed by atoms with Crippen LogP contribution in [0.5, 0.6) is 5.75 Å². The zero-order valence-corrected chi connectivity index (χ0v) is 22.1. The van der Waals surface area contributed by atoms with Gasteiger partial charge in [0.05, 0.1) is 5.56 Å². The van der Waals surface area contributed by atoms with Crippen molar-refractivity contribution in [3.8, 4) is 28.2 Å². The van der Waals surface area contributed by atoms with Crippen LogP contribution in [-0.4, -0.2) is 22.7 Å². The number of fused-ring (bicyclic) bond motifs is 2. The Morgan fingerprint density at radius 3 is 2.21 bits per heavy atom. The molecule has 6 heteroatoms. The minimum Gasteiger partial charge on any atom is -0.508 e. The fraction of sp³-hybridized carbons (Fsp3) is 0.375. The van der Waals surface area contributed by atoms with Gasteiger partial charge in [-0.1, -0.05) is 70.8 Å². The molecule has 0 fully saturated rings. The van der Waals surface area contributed by atoms with Crippen molar-refractivity contribution in [3.05, 3.63) is 70.4 Å². The molecule has 0 atom stereocenters. The quantitative estimate of drug-likeness (QED) is 0.115. The third-order valence-corrected chi connectivity index (χ3v) is 7.06. The average Bonchev–Trinajstić information content (AvgIpc) is 2.90. The molecule has 200 valence electrons. The van der Waals surface area contributed by atoms with Crippen molar-refractivity contribution in [2.75, 3.05) is 11.9 Å². The second-order valence-electron chi connectivity index (χ2n) is 9.99. The maximum atomic E-state index is 12.3. The number of anilines is 1. The second-order valence-corrected chi connectivity index (χ2v) is 9.99. The van der Waals surface area contributed by atoms with Crippen molar-refractivity contribution >= 4 is 22.6 Å². The lowest BCUT2D eigenvalue weighted by Gasteiger charge is -2.17. The molecule has 2 aromatic rings. The van der Waals surface area contributed by atoms with Crippen LogP contribution in [0.15, 0.2) is 63.8 Å². The molecule has 0 radical (unpaired) electrons. The Labute approximate surface area is 223 Å². The first kappa shape index (κ1) is 27.2. The zero-order chi connectivity index (χ0) is 26.9. The van der Waals surface area contributed by atoms with Gasteiger partial charge in [-0.15, -0.1) is 0 Å². The topological polar surface area (TPSA) is 99.8 Å². The van der Waals surface area contributed by atoms with Crippen LogP contribution in [0.3, 0.4) is 0 Å². The number of unbranched alkanes of at least 4 members (excludes halogenated alkanes) is 9. The molecule has 1 aliphatic carbocycles. The van der Waals surface area contributed by atoms with E-state index in [1.165, 1.54) is 75.6 Å². The summed E-state index contributed by atoms with van der Waals surface area (Å²) in [5.74, 6) is -0.677. The largest absolute Gasteiger partial charge is 0.508 e. The first-order valence-electron chi connectivity index (χ1n) is 13.8. The van der Waals surface area contributed by atoms with Crippen LogP contribution >= 0.6 is 0 Å². The molecule has 2 aromatic carbocycles. The fourth-order valence-corrected chi connectivity index (χ4v) is 5.04. The molecular formula is C32H37NO5. The van der Waals surface area contributed by atoms with Gasteiger partial charge >= 0.3 is 5.97 Å². The third kappa shape index (κ3) is 6.74. The number of rotatable bonds is 14. The lowest BCUT2D eigenvalue weighted by Crippen LogP contribution is -2.06. The lowest BCUT2D eigenvalue weighted by molar-refractivity contribution is 0.0697. The Bertz CT molecular complexity index is 1410. The van der Waals surface area contributed by atoms with Gasteiger partial charge in [0, 0.05) is 40.9 Å². The number of aromatic carboxylic acids is 1. The number of hydrogen-bond acceptors (Lipinski definition) is 5. The highest BCUT2D eigenvalue weighted by molar-refractivity contribution is 6.08. The summed E-state index contributed by atoms with van der Waals surface area (Å²) in [6.45, 7) is 3.03. The average molecular weight is 516 g/mol. The summed E-state index contributed by atoms with van der Waals surface area (Å²) in [5, 5.41) is 24.1. The van der Waals surface area contributed by atoms with Crippen molar-refractivity contribution in [3.63, 3.8) is 0 Å². The first-order chi connectivity index (χ1) is 18.5. The van der Waals surface area contributed by atoms with Crippen molar-refractivity contribution in [1.29, 1.82) is 0 Å². The first-order valence-corrected chi connectivity index (χ1v) is 13.8. The van der Waals surface area contributed by atoms with Crippen LogP contribution in [0, 0.1) is 0 Å². The summed E-state index contributed by atoms with van der Waals surface area (Å²) in [6, 6.07) is 14.6. The smallest absolute Gasteiger partial charge is 0.336 e. The van der Waals surface area contributed by atoms with Crippen LogP contribution in [0.2, 0.25) is 0 Å². The highest BCUT2D eigenvalue weighted by Gasteiger charge is 2.22. The van der Waals surface area contributed by atoms with Gasteiger partial charge in [-0.2, -0.15) is 0 Å². The van der Waals surface area contributed by atoms with Gasteiger partial charge in [0.2, 0.25) is 0 Å². The molecule has 2 aliphatic rings. The SMILES string of the molecule is CCCCCCCCCCCCNc1ccc(-c2c3ccc(=O)cc-3oc3cc(O)ccc23)c(C(=O)O)c1. The second kappa shape index (κ2) is 13.1. The molecule has 0 spiro atoms. The number of carboxylic acids is 1. The van der Waals surface area contributed by atoms with E-state index in [-0.39, 0.29) is 16.7 Å².